The molecule has 5 heteroatoms. The average molecular weight is 309 g/mol. The number of hydrogen-bond acceptors (Lipinski definition) is 3. The molecule has 0 radical (unpaired) electrons. The van der Waals surface area contributed by atoms with Gasteiger partial charge in [0.1, 0.15) is 5.82 Å². The maximum absolute atomic E-state index is 14.3. The van der Waals surface area contributed by atoms with Crippen LogP contribution in [0.15, 0.2) is 22.7 Å². The lowest BCUT2D eigenvalue weighted by Gasteiger charge is -2.32. The van der Waals surface area contributed by atoms with Crippen LogP contribution in [0.3, 0.4) is 0 Å². The quantitative estimate of drug-likeness (QED) is 0.855. The topological polar surface area (TPSA) is 52.0 Å². The van der Waals surface area contributed by atoms with Gasteiger partial charge in [-0.25, -0.2) is 4.39 Å². The summed E-state index contributed by atoms with van der Waals surface area (Å²) in [5.74, 6) is -0.276. The lowest BCUT2D eigenvalue weighted by Crippen LogP contribution is -2.26. The maximum Gasteiger partial charge on any atom is 0.230 e. The van der Waals surface area contributed by atoms with E-state index in [0.717, 1.165) is 31.4 Å². The number of nitrogens with two attached hydrogens (primary N) is 1. The lowest BCUT2D eigenvalue weighted by atomic mass is 9.72. The molecule has 1 aromatic carbocycles. The summed E-state index contributed by atoms with van der Waals surface area (Å²) in [4.78, 5) is 0. The molecule has 2 aromatic rings. The molecule has 1 heterocycles. The number of rotatable bonds is 2. The summed E-state index contributed by atoms with van der Waals surface area (Å²) in [5, 5.41) is 4.47. The largest absolute Gasteiger partial charge is 0.367 e. The molecule has 21 heavy (non-hydrogen) atoms. The predicted octanol–water partition coefficient (Wildman–Crippen LogP) is 4.94. The smallest absolute Gasteiger partial charge is 0.230 e. The summed E-state index contributed by atoms with van der Waals surface area (Å²) < 4.78 is 19.4. The summed E-state index contributed by atoms with van der Waals surface area (Å²) in [6.07, 6.45) is 5.48. The zero-order chi connectivity index (χ0) is 15.0. The van der Waals surface area contributed by atoms with Crippen molar-refractivity contribution in [2.45, 2.75) is 44.4 Å². The Labute approximate surface area is 128 Å². The molecule has 0 unspecified atom stereocenters. The highest BCUT2D eigenvalue weighted by molar-refractivity contribution is 6.33. The predicted molar refractivity (Wildman–Crippen MR) is 81.8 cm³/mol. The van der Waals surface area contributed by atoms with E-state index in [9.17, 15) is 4.39 Å². The van der Waals surface area contributed by atoms with Gasteiger partial charge in [0, 0.05) is 11.0 Å². The maximum atomic E-state index is 14.3. The Morgan fingerprint density at radius 1 is 1.24 bits per heavy atom. The molecule has 1 aromatic heterocycles. The fraction of sp³-hybridized carbons (Fsp3) is 0.438. The zero-order valence-corrected chi connectivity index (χ0v) is 12.7. The van der Waals surface area contributed by atoms with Gasteiger partial charge in [-0.2, -0.15) is 0 Å². The van der Waals surface area contributed by atoms with Crippen LogP contribution in [0.1, 0.15) is 44.7 Å². The Hall–Kier alpha value is -1.55. The van der Waals surface area contributed by atoms with Gasteiger partial charge in [0.05, 0.1) is 16.3 Å². The monoisotopic (exact) mass is 308 g/mol. The number of aromatic nitrogens is 1. The fourth-order valence-corrected chi connectivity index (χ4v) is 3.52. The first-order chi connectivity index (χ1) is 10.0. The summed E-state index contributed by atoms with van der Waals surface area (Å²) in [6.45, 7) is 2.14. The van der Waals surface area contributed by atoms with Crippen molar-refractivity contribution in [3.05, 3.63) is 34.7 Å². The number of nitrogens with zero attached hydrogens (tertiary/aromatic N) is 1. The van der Waals surface area contributed by atoms with E-state index in [1.54, 1.807) is 12.1 Å². The Kier molecular flexibility index (Phi) is 3.66. The Morgan fingerprint density at radius 3 is 2.62 bits per heavy atom. The molecule has 0 aliphatic heterocycles. The third-order valence-corrected chi connectivity index (χ3v) is 4.78. The van der Waals surface area contributed by atoms with Gasteiger partial charge < -0.3 is 10.3 Å². The van der Waals surface area contributed by atoms with E-state index in [1.807, 2.05) is 0 Å². The average Bonchev–Trinajstić information content (AvgIpc) is 2.82. The van der Waals surface area contributed by atoms with E-state index in [2.05, 4.69) is 12.1 Å². The van der Waals surface area contributed by atoms with Crippen molar-refractivity contribution in [2.75, 3.05) is 5.73 Å². The van der Waals surface area contributed by atoms with E-state index in [0.29, 0.717) is 16.1 Å². The highest BCUT2D eigenvalue weighted by atomic mass is 35.5. The summed E-state index contributed by atoms with van der Waals surface area (Å²) in [6, 6.07) is 4.60. The second-order valence-electron chi connectivity index (χ2n) is 5.99. The van der Waals surface area contributed by atoms with Crippen molar-refractivity contribution in [3.8, 4) is 11.1 Å². The standard InChI is InChI=1S/C16H18ClFN2O/c1-16(8-3-2-4-9-16)14-13(15(19)21-20-14)12-10(17)6-5-7-11(12)18/h5-7H,2-4,8-9,19H2,1H3. The van der Waals surface area contributed by atoms with Crippen molar-refractivity contribution >= 4 is 17.5 Å². The highest BCUT2D eigenvalue weighted by Gasteiger charge is 2.36. The molecule has 0 spiro atoms. The first kappa shape index (κ1) is 14.4. The van der Waals surface area contributed by atoms with Gasteiger partial charge in [-0.3, -0.25) is 0 Å². The SMILES string of the molecule is CC1(c2noc(N)c2-c2c(F)cccc2Cl)CCCCC1. The van der Waals surface area contributed by atoms with Gasteiger partial charge in [-0.15, -0.1) is 0 Å². The molecule has 0 bridgehead atoms. The lowest BCUT2D eigenvalue weighted by molar-refractivity contribution is 0.295. The first-order valence-corrected chi connectivity index (χ1v) is 7.61. The molecule has 0 atom stereocenters. The molecule has 112 valence electrons. The summed E-state index contributed by atoms with van der Waals surface area (Å²) in [7, 11) is 0. The highest BCUT2D eigenvalue weighted by Crippen LogP contribution is 2.46. The normalized spacial score (nSPS) is 17.9. The molecule has 1 aliphatic rings. The van der Waals surface area contributed by atoms with Crippen LogP contribution in [0.5, 0.6) is 0 Å². The molecular formula is C16H18ClFN2O. The molecule has 3 nitrogen and oxygen atoms in total. The number of hydrogen-bond donors (Lipinski definition) is 1. The molecule has 3 rings (SSSR count). The van der Waals surface area contributed by atoms with E-state index in [1.165, 1.54) is 12.5 Å². The van der Waals surface area contributed by atoms with Gasteiger partial charge in [0.15, 0.2) is 0 Å². The number of anilines is 1. The Bertz CT molecular complexity index is 642. The van der Waals surface area contributed by atoms with Crippen molar-refractivity contribution in [2.24, 2.45) is 0 Å². The van der Waals surface area contributed by atoms with Crippen LogP contribution in [-0.2, 0) is 5.41 Å². The van der Waals surface area contributed by atoms with Crippen LogP contribution in [0.2, 0.25) is 5.02 Å². The van der Waals surface area contributed by atoms with Crippen LogP contribution in [0, 0.1) is 5.82 Å². The molecule has 1 saturated carbocycles. The van der Waals surface area contributed by atoms with E-state index < -0.39 is 5.82 Å². The minimum atomic E-state index is -0.405. The van der Waals surface area contributed by atoms with Gasteiger partial charge in [-0.05, 0) is 25.0 Å². The van der Waals surface area contributed by atoms with Gasteiger partial charge in [-0.1, -0.05) is 49.0 Å². The van der Waals surface area contributed by atoms with E-state index in [-0.39, 0.29) is 11.3 Å². The minimum absolute atomic E-state index is 0.129. The van der Waals surface area contributed by atoms with Crippen LogP contribution in [0.25, 0.3) is 11.1 Å². The third-order valence-electron chi connectivity index (χ3n) is 4.46. The van der Waals surface area contributed by atoms with Crippen LogP contribution in [-0.4, -0.2) is 5.16 Å². The van der Waals surface area contributed by atoms with Crippen LogP contribution < -0.4 is 5.73 Å². The Balaban J connectivity index is 2.18. The molecule has 0 saturated heterocycles. The molecule has 2 N–H and O–H groups in total. The number of halogens is 2. The van der Waals surface area contributed by atoms with Crippen molar-refractivity contribution in [1.29, 1.82) is 0 Å². The van der Waals surface area contributed by atoms with Crippen molar-refractivity contribution < 1.29 is 8.91 Å². The van der Waals surface area contributed by atoms with Gasteiger partial charge >= 0.3 is 0 Å². The number of nitrogen functional groups attached to an aromatic ring is 1. The first-order valence-electron chi connectivity index (χ1n) is 7.23. The molecule has 0 amide bonds. The van der Waals surface area contributed by atoms with Crippen LogP contribution in [0.4, 0.5) is 10.3 Å². The molecular weight excluding hydrogens is 291 g/mol. The second kappa shape index (κ2) is 5.34. The van der Waals surface area contributed by atoms with Crippen molar-refractivity contribution in [1.82, 2.24) is 5.16 Å². The summed E-state index contributed by atoms with van der Waals surface area (Å²) in [5.41, 5.74) is 7.32. The molecule has 1 aliphatic carbocycles. The van der Waals surface area contributed by atoms with E-state index >= 15 is 0 Å². The van der Waals surface area contributed by atoms with E-state index in [4.69, 9.17) is 21.9 Å². The Morgan fingerprint density at radius 2 is 1.95 bits per heavy atom. The minimum Gasteiger partial charge on any atom is -0.367 e. The van der Waals surface area contributed by atoms with Crippen LogP contribution >= 0.6 is 11.6 Å². The summed E-state index contributed by atoms with van der Waals surface area (Å²) >= 11 is 6.18. The third kappa shape index (κ3) is 2.42. The fourth-order valence-electron chi connectivity index (χ4n) is 3.26. The zero-order valence-electron chi connectivity index (χ0n) is 12.0. The van der Waals surface area contributed by atoms with Crippen molar-refractivity contribution in [3.63, 3.8) is 0 Å². The van der Waals surface area contributed by atoms with Gasteiger partial charge in [0.2, 0.25) is 5.88 Å². The number of benzene rings is 1. The van der Waals surface area contributed by atoms with Gasteiger partial charge in [0.25, 0.3) is 0 Å². The molecule has 1 fully saturated rings. The second-order valence-corrected chi connectivity index (χ2v) is 6.40.